The van der Waals surface area contributed by atoms with E-state index in [2.05, 4.69) is 37.2 Å². The molecule has 0 atom stereocenters. The van der Waals surface area contributed by atoms with Gasteiger partial charge in [0.05, 0.1) is 11.0 Å². The van der Waals surface area contributed by atoms with Gasteiger partial charge in [-0.15, -0.1) is 0 Å². The average Bonchev–Trinajstić information content (AvgIpc) is 2.55. The predicted octanol–water partition coefficient (Wildman–Crippen LogP) is 3.88. The summed E-state index contributed by atoms with van der Waals surface area (Å²) in [5.41, 5.74) is 1.76. The summed E-state index contributed by atoms with van der Waals surface area (Å²) in [7, 11) is 0. The van der Waals surface area contributed by atoms with Crippen molar-refractivity contribution in [3.63, 3.8) is 0 Å². The van der Waals surface area contributed by atoms with Crippen molar-refractivity contribution in [2.45, 2.75) is 39.7 Å². The molecule has 0 fully saturated rings. The van der Waals surface area contributed by atoms with E-state index in [4.69, 9.17) is 0 Å². The summed E-state index contributed by atoms with van der Waals surface area (Å²) < 4.78 is 15.3. The molecule has 0 saturated carbocycles. The topological polar surface area (TPSA) is 17.8 Å². The molecule has 0 aliphatic carbocycles. The molecule has 0 unspecified atom stereocenters. The highest BCUT2D eigenvalue weighted by Crippen LogP contribution is 2.26. The first-order chi connectivity index (χ1) is 7.50. The molecule has 0 saturated heterocycles. The van der Waals surface area contributed by atoms with Gasteiger partial charge in [-0.25, -0.2) is 9.37 Å². The maximum Gasteiger partial charge on any atom is 0.125 e. The molecule has 0 aliphatic rings. The van der Waals surface area contributed by atoms with E-state index in [1.54, 1.807) is 0 Å². The van der Waals surface area contributed by atoms with Crippen molar-refractivity contribution in [1.29, 1.82) is 0 Å². The van der Waals surface area contributed by atoms with Crippen molar-refractivity contribution in [3.8, 4) is 0 Å². The molecule has 0 aliphatic heterocycles. The smallest absolute Gasteiger partial charge is 0.125 e. The van der Waals surface area contributed by atoms with Gasteiger partial charge in [0.2, 0.25) is 0 Å². The third kappa shape index (κ3) is 1.70. The number of rotatable bonds is 2. The van der Waals surface area contributed by atoms with Gasteiger partial charge in [-0.1, -0.05) is 13.8 Å². The number of hydrogen-bond acceptors (Lipinski definition) is 1. The number of benzene rings is 1. The van der Waals surface area contributed by atoms with Crippen LogP contribution in [-0.4, -0.2) is 9.55 Å². The van der Waals surface area contributed by atoms with E-state index in [9.17, 15) is 4.39 Å². The number of halogens is 1. The number of nitrogens with zero attached hydrogens (tertiary/aromatic N) is 2. The van der Waals surface area contributed by atoms with Crippen molar-refractivity contribution >= 4 is 11.0 Å². The van der Waals surface area contributed by atoms with Crippen molar-refractivity contribution < 1.29 is 4.39 Å². The van der Waals surface area contributed by atoms with Crippen LogP contribution in [0.4, 0.5) is 4.39 Å². The second-order valence-electron chi connectivity index (χ2n) is 4.72. The van der Waals surface area contributed by atoms with Gasteiger partial charge < -0.3 is 4.57 Å². The van der Waals surface area contributed by atoms with E-state index in [1.807, 2.05) is 6.07 Å². The van der Waals surface area contributed by atoms with Crippen LogP contribution in [0.15, 0.2) is 18.2 Å². The molecule has 0 amide bonds. The molecule has 0 N–H and O–H groups in total. The molecule has 0 radical (unpaired) electrons. The SMILES string of the molecule is CC(C)c1nc2cc(F)ccc2n1C(C)C. The fourth-order valence-corrected chi connectivity index (χ4v) is 2.04. The maximum absolute atomic E-state index is 13.1. The first kappa shape index (κ1) is 11.1. The van der Waals surface area contributed by atoms with Gasteiger partial charge in [-0.05, 0) is 26.0 Å². The molecule has 2 aromatic rings. The van der Waals surface area contributed by atoms with E-state index in [0.29, 0.717) is 12.0 Å². The minimum Gasteiger partial charge on any atom is -0.325 e. The van der Waals surface area contributed by atoms with Crippen molar-refractivity contribution in [2.75, 3.05) is 0 Å². The third-order valence-corrected chi connectivity index (χ3v) is 2.71. The van der Waals surface area contributed by atoms with Crippen molar-refractivity contribution in [2.24, 2.45) is 0 Å². The lowest BCUT2D eigenvalue weighted by Gasteiger charge is -2.14. The molecule has 2 nitrogen and oxygen atoms in total. The van der Waals surface area contributed by atoms with Gasteiger partial charge in [0.25, 0.3) is 0 Å². The summed E-state index contributed by atoms with van der Waals surface area (Å²) in [6.45, 7) is 8.46. The summed E-state index contributed by atoms with van der Waals surface area (Å²) in [5, 5.41) is 0. The molecule has 3 heteroatoms. The second-order valence-corrected chi connectivity index (χ2v) is 4.72. The molecule has 16 heavy (non-hydrogen) atoms. The molecule has 0 spiro atoms. The van der Waals surface area contributed by atoms with Crippen LogP contribution >= 0.6 is 0 Å². The maximum atomic E-state index is 13.1. The molecule has 86 valence electrons. The normalized spacial score (nSPS) is 11.9. The lowest BCUT2D eigenvalue weighted by Crippen LogP contribution is -2.07. The minimum atomic E-state index is -0.226. The average molecular weight is 220 g/mol. The highest BCUT2D eigenvalue weighted by molar-refractivity contribution is 5.76. The molecular weight excluding hydrogens is 203 g/mol. The quantitative estimate of drug-likeness (QED) is 0.751. The van der Waals surface area contributed by atoms with Crippen LogP contribution in [0, 0.1) is 5.82 Å². The Morgan fingerprint density at radius 1 is 1.19 bits per heavy atom. The number of hydrogen-bond donors (Lipinski definition) is 0. The predicted molar refractivity (Wildman–Crippen MR) is 64.2 cm³/mol. The van der Waals surface area contributed by atoms with Gasteiger partial charge in [-0.2, -0.15) is 0 Å². The van der Waals surface area contributed by atoms with Crippen LogP contribution in [-0.2, 0) is 0 Å². The Kier molecular flexibility index (Phi) is 2.70. The number of imidazole rings is 1. The van der Waals surface area contributed by atoms with E-state index in [-0.39, 0.29) is 5.82 Å². The Labute approximate surface area is 95.1 Å². The Hall–Kier alpha value is -1.38. The van der Waals surface area contributed by atoms with Gasteiger partial charge in [0.15, 0.2) is 0 Å². The summed E-state index contributed by atoms with van der Waals surface area (Å²) >= 11 is 0. The summed E-state index contributed by atoms with van der Waals surface area (Å²) in [6.07, 6.45) is 0. The van der Waals surface area contributed by atoms with Crippen LogP contribution < -0.4 is 0 Å². The van der Waals surface area contributed by atoms with Crippen LogP contribution in [0.1, 0.15) is 45.5 Å². The highest BCUT2D eigenvalue weighted by atomic mass is 19.1. The van der Waals surface area contributed by atoms with Gasteiger partial charge in [-0.3, -0.25) is 0 Å². The lowest BCUT2D eigenvalue weighted by atomic mass is 10.2. The van der Waals surface area contributed by atoms with Gasteiger partial charge in [0, 0.05) is 18.0 Å². The van der Waals surface area contributed by atoms with Crippen LogP contribution in [0.5, 0.6) is 0 Å². The minimum absolute atomic E-state index is 0.226. The van der Waals surface area contributed by atoms with Gasteiger partial charge >= 0.3 is 0 Å². The summed E-state index contributed by atoms with van der Waals surface area (Å²) in [4.78, 5) is 4.52. The molecular formula is C13H17FN2. The molecule has 1 aromatic heterocycles. The summed E-state index contributed by atoms with van der Waals surface area (Å²) in [5.74, 6) is 1.14. The van der Waals surface area contributed by atoms with E-state index in [1.165, 1.54) is 12.1 Å². The Balaban J connectivity index is 2.75. The zero-order valence-electron chi connectivity index (χ0n) is 10.2. The second kappa shape index (κ2) is 3.89. The molecule has 1 heterocycles. The zero-order chi connectivity index (χ0) is 11.9. The largest absolute Gasteiger partial charge is 0.325 e. The fourth-order valence-electron chi connectivity index (χ4n) is 2.04. The molecule has 1 aromatic carbocycles. The fraction of sp³-hybridized carbons (Fsp3) is 0.462. The Morgan fingerprint density at radius 3 is 2.44 bits per heavy atom. The molecule has 2 rings (SSSR count). The monoisotopic (exact) mass is 220 g/mol. The lowest BCUT2D eigenvalue weighted by molar-refractivity contribution is 0.564. The van der Waals surface area contributed by atoms with Crippen molar-refractivity contribution in [1.82, 2.24) is 9.55 Å². The summed E-state index contributed by atoms with van der Waals surface area (Å²) in [6, 6.07) is 5.14. The highest BCUT2D eigenvalue weighted by Gasteiger charge is 2.15. The third-order valence-electron chi connectivity index (χ3n) is 2.71. The van der Waals surface area contributed by atoms with Crippen LogP contribution in [0.2, 0.25) is 0 Å². The first-order valence-electron chi connectivity index (χ1n) is 5.68. The van der Waals surface area contributed by atoms with Crippen LogP contribution in [0.3, 0.4) is 0 Å². The number of fused-ring (bicyclic) bond motifs is 1. The van der Waals surface area contributed by atoms with Crippen molar-refractivity contribution in [3.05, 3.63) is 29.8 Å². The standard InChI is InChI=1S/C13H17FN2/c1-8(2)13-15-11-7-10(14)5-6-12(11)16(13)9(3)4/h5-9H,1-4H3. The Morgan fingerprint density at radius 2 is 1.88 bits per heavy atom. The number of aromatic nitrogens is 2. The van der Waals surface area contributed by atoms with E-state index < -0.39 is 0 Å². The van der Waals surface area contributed by atoms with E-state index >= 15 is 0 Å². The molecule has 0 bridgehead atoms. The zero-order valence-corrected chi connectivity index (χ0v) is 10.2. The van der Waals surface area contributed by atoms with Crippen LogP contribution in [0.25, 0.3) is 11.0 Å². The van der Waals surface area contributed by atoms with E-state index in [0.717, 1.165) is 16.9 Å². The Bertz CT molecular complexity index is 512. The van der Waals surface area contributed by atoms with Gasteiger partial charge in [0.1, 0.15) is 11.6 Å². The first-order valence-corrected chi connectivity index (χ1v) is 5.68.